The summed E-state index contributed by atoms with van der Waals surface area (Å²) in [6.07, 6.45) is 5.49. The molecule has 0 radical (unpaired) electrons. The van der Waals surface area contributed by atoms with Gasteiger partial charge in [-0.1, -0.05) is 6.42 Å². The number of carbonyl (C=O) groups is 1. The van der Waals surface area contributed by atoms with Crippen LogP contribution in [0.1, 0.15) is 43.8 Å². The predicted molar refractivity (Wildman–Crippen MR) is 82.0 cm³/mol. The Labute approximate surface area is 129 Å². The molecule has 118 valence electrons. The van der Waals surface area contributed by atoms with Gasteiger partial charge in [0.1, 0.15) is 11.9 Å². The normalized spacial score (nSPS) is 22.1. The third-order valence-corrected chi connectivity index (χ3v) is 5.06. The molecule has 1 aromatic heterocycles. The minimum atomic E-state index is 0.0271. The van der Waals surface area contributed by atoms with Crippen LogP contribution in [0.25, 0.3) is 0 Å². The monoisotopic (exact) mass is 302 g/mol. The Bertz CT molecular complexity index is 652. The molecule has 1 saturated heterocycles. The van der Waals surface area contributed by atoms with Crippen LogP contribution < -0.4 is 10.3 Å². The maximum atomic E-state index is 12.2. The molecular formula is C17H22N2O3. The van der Waals surface area contributed by atoms with Crippen molar-refractivity contribution in [3.05, 3.63) is 28.2 Å². The molecule has 1 aromatic rings. The number of aromatic nitrogens is 1. The predicted octanol–water partition coefficient (Wildman–Crippen LogP) is 1.88. The largest absolute Gasteiger partial charge is 0.486 e. The molecule has 1 amide bonds. The van der Waals surface area contributed by atoms with Gasteiger partial charge in [-0.2, -0.15) is 0 Å². The Balaban J connectivity index is 1.36. The summed E-state index contributed by atoms with van der Waals surface area (Å²) >= 11 is 0. The fraction of sp³-hybridized carbons (Fsp3) is 0.647. The third kappa shape index (κ3) is 2.42. The van der Waals surface area contributed by atoms with Gasteiger partial charge in [0.05, 0.1) is 13.1 Å². The van der Waals surface area contributed by atoms with Crippen LogP contribution in [0.15, 0.2) is 16.9 Å². The van der Waals surface area contributed by atoms with E-state index in [2.05, 4.69) is 0 Å². The van der Waals surface area contributed by atoms with E-state index < -0.39 is 0 Å². The highest BCUT2D eigenvalue weighted by atomic mass is 16.5. The molecule has 22 heavy (non-hydrogen) atoms. The summed E-state index contributed by atoms with van der Waals surface area (Å²) in [5.41, 5.74) is 0.992. The summed E-state index contributed by atoms with van der Waals surface area (Å²) in [5, 5.41) is 0. The van der Waals surface area contributed by atoms with Gasteiger partial charge in [0.25, 0.3) is 5.56 Å². The van der Waals surface area contributed by atoms with Gasteiger partial charge in [-0.15, -0.1) is 0 Å². The third-order valence-electron chi connectivity index (χ3n) is 5.06. The van der Waals surface area contributed by atoms with Crippen LogP contribution in [0.3, 0.4) is 0 Å². The average Bonchev–Trinajstić information content (AvgIpc) is 3.14. The first-order chi connectivity index (χ1) is 10.6. The molecule has 0 unspecified atom stereocenters. The van der Waals surface area contributed by atoms with E-state index in [1.54, 1.807) is 6.07 Å². The highest BCUT2D eigenvalue weighted by molar-refractivity contribution is 5.80. The van der Waals surface area contributed by atoms with Crippen molar-refractivity contribution >= 4 is 5.91 Å². The first kappa shape index (κ1) is 13.9. The molecule has 2 aliphatic carbocycles. The van der Waals surface area contributed by atoms with Crippen LogP contribution in [-0.2, 0) is 4.79 Å². The van der Waals surface area contributed by atoms with Crippen LogP contribution in [0.5, 0.6) is 5.75 Å². The number of nitrogens with zero attached hydrogens (tertiary/aromatic N) is 2. The number of carbonyl (C=O) groups excluding carboxylic acids is 1. The minimum Gasteiger partial charge on any atom is -0.486 e. The SMILES string of the molecule is Cc1cc(OC2CN(C(=O)C3CCC3)C2)cc(=O)n1C1CC1. The lowest BCUT2D eigenvalue weighted by Crippen LogP contribution is -2.58. The zero-order chi connectivity index (χ0) is 15.3. The second-order valence-corrected chi connectivity index (χ2v) is 6.88. The van der Waals surface area contributed by atoms with Gasteiger partial charge in [0.15, 0.2) is 0 Å². The van der Waals surface area contributed by atoms with Crippen LogP contribution in [-0.4, -0.2) is 34.6 Å². The topological polar surface area (TPSA) is 51.5 Å². The lowest BCUT2D eigenvalue weighted by atomic mass is 9.83. The molecule has 2 saturated carbocycles. The van der Waals surface area contributed by atoms with Gasteiger partial charge in [0, 0.05) is 23.7 Å². The second kappa shape index (κ2) is 5.14. The molecule has 3 fully saturated rings. The molecule has 0 atom stereocenters. The Morgan fingerprint density at radius 1 is 1.18 bits per heavy atom. The summed E-state index contributed by atoms with van der Waals surface area (Å²) in [6, 6.07) is 3.92. The summed E-state index contributed by atoms with van der Waals surface area (Å²) in [4.78, 5) is 26.1. The van der Waals surface area contributed by atoms with Gasteiger partial charge in [-0.25, -0.2) is 0 Å². The summed E-state index contributed by atoms with van der Waals surface area (Å²) in [5.74, 6) is 1.18. The molecule has 0 aromatic carbocycles. The lowest BCUT2D eigenvalue weighted by molar-refractivity contribution is -0.147. The minimum absolute atomic E-state index is 0.0271. The molecule has 0 N–H and O–H groups in total. The molecule has 1 aliphatic heterocycles. The molecule has 3 aliphatic rings. The van der Waals surface area contributed by atoms with Crippen molar-refractivity contribution in [2.24, 2.45) is 5.92 Å². The van der Waals surface area contributed by atoms with E-state index in [0.717, 1.165) is 31.4 Å². The van der Waals surface area contributed by atoms with Crippen molar-refractivity contribution in [3.8, 4) is 5.75 Å². The maximum Gasteiger partial charge on any atom is 0.254 e. The number of hydrogen-bond acceptors (Lipinski definition) is 3. The van der Waals surface area contributed by atoms with E-state index >= 15 is 0 Å². The Kier molecular flexibility index (Phi) is 3.24. The van der Waals surface area contributed by atoms with Crippen LogP contribution in [0.4, 0.5) is 0 Å². The number of amides is 1. The van der Waals surface area contributed by atoms with Crippen molar-refractivity contribution in [3.63, 3.8) is 0 Å². The standard InChI is InChI=1S/C17H22N2O3/c1-11-7-14(8-16(20)19(11)13-5-6-13)22-15-9-18(10-15)17(21)12-3-2-4-12/h7-8,12-13,15H,2-6,9-10H2,1H3. The van der Waals surface area contributed by atoms with Gasteiger partial charge in [-0.05, 0) is 38.7 Å². The molecule has 5 heteroatoms. The zero-order valence-corrected chi connectivity index (χ0v) is 13.0. The van der Waals surface area contributed by atoms with Crippen LogP contribution in [0, 0.1) is 12.8 Å². The Hall–Kier alpha value is -1.78. The van der Waals surface area contributed by atoms with Gasteiger partial charge in [-0.3, -0.25) is 9.59 Å². The van der Waals surface area contributed by atoms with E-state index in [1.807, 2.05) is 22.5 Å². The van der Waals surface area contributed by atoms with Crippen LogP contribution in [0.2, 0.25) is 0 Å². The summed E-state index contributed by atoms with van der Waals surface area (Å²) in [7, 11) is 0. The number of ether oxygens (including phenoxy) is 1. The molecule has 5 nitrogen and oxygen atoms in total. The number of likely N-dealkylation sites (tertiary alicyclic amines) is 1. The average molecular weight is 302 g/mol. The van der Waals surface area contributed by atoms with Crippen molar-refractivity contribution < 1.29 is 9.53 Å². The van der Waals surface area contributed by atoms with E-state index in [9.17, 15) is 9.59 Å². The van der Waals surface area contributed by atoms with Gasteiger partial charge >= 0.3 is 0 Å². The smallest absolute Gasteiger partial charge is 0.254 e. The summed E-state index contributed by atoms with van der Waals surface area (Å²) in [6.45, 7) is 3.26. The number of pyridine rings is 1. The Morgan fingerprint density at radius 2 is 1.91 bits per heavy atom. The van der Waals surface area contributed by atoms with Gasteiger partial charge in [0.2, 0.25) is 5.91 Å². The molecule has 4 rings (SSSR count). The number of aryl methyl sites for hydroxylation is 1. The van der Waals surface area contributed by atoms with Crippen molar-refractivity contribution in [2.75, 3.05) is 13.1 Å². The number of hydrogen-bond donors (Lipinski definition) is 0. The first-order valence-corrected chi connectivity index (χ1v) is 8.30. The van der Waals surface area contributed by atoms with Crippen molar-refractivity contribution in [2.45, 2.75) is 51.2 Å². The summed E-state index contributed by atoms with van der Waals surface area (Å²) < 4.78 is 7.73. The lowest BCUT2D eigenvalue weighted by Gasteiger charge is -2.42. The van der Waals surface area contributed by atoms with Crippen molar-refractivity contribution in [1.29, 1.82) is 0 Å². The highest BCUT2D eigenvalue weighted by Crippen LogP contribution is 2.35. The highest BCUT2D eigenvalue weighted by Gasteiger charge is 2.37. The van der Waals surface area contributed by atoms with E-state index in [0.29, 0.717) is 24.9 Å². The van der Waals surface area contributed by atoms with E-state index in [-0.39, 0.29) is 23.5 Å². The fourth-order valence-corrected chi connectivity index (χ4v) is 3.35. The molecule has 0 bridgehead atoms. The molecule has 0 spiro atoms. The van der Waals surface area contributed by atoms with E-state index in [4.69, 9.17) is 4.74 Å². The van der Waals surface area contributed by atoms with Crippen molar-refractivity contribution in [1.82, 2.24) is 9.47 Å². The molecule has 2 heterocycles. The quantitative estimate of drug-likeness (QED) is 0.853. The second-order valence-electron chi connectivity index (χ2n) is 6.88. The maximum absolute atomic E-state index is 12.2. The number of rotatable bonds is 4. The Morgan fingerprint density at radius 3 is 2.45 bits per heavy atom. The van der Waals surface area contributed by atoms with Gasteiger partial charge < -0.3 is 14.2 Å². The first-order valence-electron chi connectivity index (χ1n) is 8.30. The fourth-order valence-electron chi connectivity index (χ4n) is 3.35. The van der Waals surface area contributed by atoms with E-state index in [1.165, 1.54) is 6.42 Å². The van der Waals surface area contributed by atoms with Crippen LogP contribution >= 0.6 is 0 Å². The zero-order valence-electron chi connectivity index (χ0n) is 13.0. The molecular weight excluding hydrogens is 280 g/mol.